The van der Waals surface area contributed by atoms with Crippen LogP contribution in [0.4, 0.5) is 10.1 Å². The van der Waals surface area contributed by atoms with Crippen LogP contribution in [0.2, 0.25) is 0 Å². The highest BCUT2D eigenvalue weighted by molar-refractivity contribution is 7.99. The van der Waals surface area contributed by atoms with Crippen LogP contribution in [-0.2, 0) is 4.79 Å². The lowest BCUT2D eigenvalue weighted by Gasteiger charge is -2.29. The van der Waals surface area contributed by atoms with Crippen LogP contribution < -0.4 is 5.32 Å². The fraction of sp³-hybridized carbons (Fsp3) is 0.200. The van der Waals surface area contributed by atoms with E-state index in [9.17, 15) is 14.0 Å². The maximum absolute atomic E-state index is 13.8. The summed E-state index contributed by atoms with van der Waals surface area (Å²) >= 11 is 1.53. The molecule has 158 valence electrons. The minimum atomic E-state index is -0.674. The number of aryl methyl sites for hydroxylation is 2. The Labute approximate surface area is 185 Å². The van der Waals surface area contributed by atoms with Crippen LogP contribution in [0.15, 0.2) is 72.8 Å². The van der Waals surface area contributed by atoms with Crippen molar-refractivity contribution in [2.45, 2.75) is 25.3 Å². The smallest absolute Gasteiger partial charge is 0.255 e. The minimum absolute atomic E-state index is 0.229. The maximum atomic E-state index is 13.8. The second-order valence-corrected chi connectivity index (χ2v) is 8.74. The third-order valence-corrected chi connectivity index (χ3v) is 6.79. The summed E-state index contributed by atoms with van der Waals surface area (Å²) in [6.45, 7) is 4.00. The number of hydrogen-bond acceptors (Lipinski definition) is 3. The summed E-state index contributed by atoms with van der Waals surface area (Å²) in [5, 5.41) is 2.62. The Balaban J connectivity index is 1.65. The van der Waals surface area contributed by atoms with E-state index in [4.69, 9.17) is 0 Å². The number of carbonyl (C=O) groups is 2. The summed E-state index contributed by atoms with van der Waals surface area (Å²) in [5.41, 5.74) is 4.07. The number of halogens is 1. The van der Waals surface area contributed by atoms with E-state index in [0.29, 0.717) is 11.4 Å². The molecule has 4 nitrogen and oxygen atoms in total. The van der Waals surface area contributed by atoms with E-state index < -0.39 is 11.9 Å². The van der Waals surface area contributed by atoms with Gasteiger partial charge in [0.25, 0.3) is 5.91 Å². The molecular formula is C25H23FN2O2S. The van der Waals surface area contributed by atoms with Gasteiger partial charge in [-0.1, -0.05) is 42.5 Å². The molecule has 1 heterocycles. The summed E-state index contributed by atoms with van der Waals surface area (Å²) in [6.07, 6.45) is 0. The quantitative estimate of drug-likeness (QED) is 0.603. The fourth-order valence-corrected chi connectivity index (χ4v) is 5.08. The van der Waals surface area contributed by atoms with E-state index in [0.717, 1.165) is 16.7 Å². The zero-order valence-corrected chi connectivity index (χ0v) is 18.2. The molecule has 0 spiro atoms. The number of thioether (sulfide) groups is 1. The molecule has 1 saturated heterocycles. The lowest BCUT2D eigenvalue weighted by molar-refractivity contribution is -0.119. The van der Waals surface area contributed by atoms with Crippen LogP contribution in [-0.4, -0.2) is 28.5 Å². The molecule has 0 saturated carbocycles. The second kappa shape index (κ2) is 8.94. The molecule has 0 bridgehead atoms. The second-order valence-electron chi connectivity index (χ2n) is 7.62. The first kappa shape index (κ1) is 21.1. The van der Waals surface area contributed by atoms with E-state index >= 15 is 0 Å². The van der Waals surface area contributed by atoms with Crippen molar-refractivity contribution in [3.8, 4) is 0 Å². The Bertz CT molecular complexity index is 1120. The first-order valence-corrected chi connectivity index (χ1v) is 11.1. The highest BCUT2D eigenvalue weighted by Gasteiger charge is 2.42. The lowest BCUT2D eigenvalue weighted by Crippen LogP contribution is -2.45. The Morgan fingerprint density at radius 2 is 1.74 bits per heavy atom. The highest BCUT2D eigenvalue weighted by atomic mass is 32.2. The molecular weight excluding hydrogens is 411 g/mol. The molecule has 1 aliphatic rings. The molecule has 6 heteroatoms. The predicted molar refractivity (Wildman–Crippen MR) is 123 cm³/mol. The van der Waals surface area contributed by atoms with Gasteiger partial charge in [-0.2, -0.15) is 0 Å². The van der Waals surface area contributed by atoms with Crippen molar-refractivity contribution in [1.82, 2.24) is 4.90 Å². The van der Waals surface area contributed by atoms with Crippen LogP contribution in [0.5, 0.6) is 0 Å². The molecule has 0 aromatic heterocycles. The molecule has 3 aromatic carbocycles. The molecule has 31 heavy (non-hydrogen) atoms. The van der Waals surface area contributed by atoms with Crippen molar-refractivity contribution in [1.29, 1.82) is 0 Å². The van der Waals surface area contributed by atoms with Crippen LogP contribution >= 0.6 is 11.8 Å². The van der Waals surface area contributed by atoms with E-state index in [1.165, 1.54) is 30.0 Å². The van der Waals surface area contributed by atoms with Crippen molar-refractivity contribution in [2.75, 3.05) is 11.1 Å². The zero-order chi connectivity index (χ0) is 22.0. The molecule has 1 fully saturated rings. The Kier molecular flexibility index (Phi) is 6.09. The van der Waals surface area contributed by atoms with Crippen LogP contribution in [0.3, 0.4) is 0 Å². The average Bonchev–Trinajstić information content (AvgIpc) is 3.22. The summed E-state index contributed by atoms with van der Waals surface area (Å²) in [7, 11) is 0. The normalized spacial score (nSPS) is 18.1. The zero-order valence-electron chi connectivity index (χ0n) is 17.3. The number of anilines is 1. The van der Waals surface area contributed by atoms with Gasteiger partial charge in [0, 0.05) is 17.0 Å². The van der Waals surface area contributed by atoms with E-state index in [-0.39, 0.29) is 22.8 Å². The molecule has 2 atom stereocenters. The van der Waals surface area contributed by atoms with Gasteiger partial charge < -0.3 is 10.2 Å². The number of nitrogens with one attached hydrogen (secondary N) is 1. The van der Waals surface area contributed by atoms with Gasteiger partial charge in [0.05, 0.1) is 0 Å². The Morgan fingerprint density at radius 1 is 0.968 bits per heavy atom. The predicted octanol–water partition coefficient (Wildman–Crippen LogP) is 5.34. The van der Waals surface area contributed by atoms with Gasteiger partial charge in [-0.05, 0) is 60.9 Å². The number of nitrogens with zero attached hydrogens (tertiary/aromatic N) is 1. The number of hydrogen-bond donors (Lipinski definition) is 1. The van der Waals surface area contributed by atoms with Gasteiger partial charge in [0.1, 0.15) is 17.2 Å². The fourth-order valence-electron chi connectivity index (χ4n) is 3.65. The monoisotopic (exact) mass is 434 g/mol. The highest BCUT2D eigenvalue weighted by Crippen LogP contribution is 2.42. The number of benzene rings is 3. The van der Waals surface area contributed by atoms with E-state index in [2.05, 4.69) is 5.32 Å². The summed E-state index contributed by atoms with van der Waals surface area (Å²) in [4.78, 5) is 28.2. The van der Waals surface area contributed by atoms with Crippen molar-refractivity contribution in [3.63, 3.8) is 0 Å². The Hall–Kier alpha value is -3.12. The minimum Gasteiger partial charge on any atom is -0.324 e. The molecule has 1 N–H and O–H groups in total. The van der Waals surface area contributed by atoms with Gasteiger partial charge in [0.2, 0.25) is 5.91 Å². The third kappa shape index (κ3) is 4.49. The third-order valence-electron chi connectivity index (χ3n) is 5.47. The molecule has 0 radical (unpaired) electrons. The van der Waals surface area contributed by atoms with Crippen LogP contribution in [0.1, 0.15) is 32.4 Å². The maximum Gasteiger partial charge on any atom is 0.255 e. The van der Waals surface area contributed by atoms with Crippen molar-refractivity contribution in [3.05, 3.63) is 101 Å². The molecule has 4 rings (SSSR count). The molecule has 2 amide bonds. The van der Waals surface area contributed by atoms with Crippen LogP contribution in [0.25, 0.3) is 0 Å². The van der Waals surface area contributed by atoms with Crippen molar-refractivity contribution >= 4 is 29.3 Å². The number of amides is 2. The topological polar surface area (TPSA) is 49.4 Å². The summed E-state index contributed by atoms with van der Waals surface area (Å²) in [5.74, 6) is -0.639. The summed E-state index contributed by atoms with van der Waals surface area (Å²) in [6, 6.07) is 20.3. The van der Waals surface area contributed by atoms with Gasteiger partial charge >= 0.3 is 0 Å². The first-order chi connectivity index (χ1) is 14.9. The first-order valence-electron chi connectivity index (χ1n) is 10.1. The Morgan fingerprint density at radius 3 is 2.45 bits per heavy atom. The molecule has 3 aromatic rings. The number of carbonyl (C=O) groups excluding carboxylic acids is 2. The van der Waals surface area contributed by atoms with E-state index in [1.807, 2.05) is 62.4 Å². The molecule has 0 aliphatic carbocycles. The van der Waals surface area contributed by atoms with Crippen molar-refractivity contribution < 1.29 is 14.0 Å². The van der Waals surface area contributed by atoms with Crippen LogP contribution in [0, 0.1) is 19.7 Å². The van der Waals surface area contributed by atoms with Gasteiger partial charge in [-0.3, -0.25) is 9.59 Å². The van der Waals surface area contributed by atoms with Crippen molar-refractivity contribution in [2.24, 2.45) is 0 Å². The van der Waals surface area contributed by atoms with Gasteiger partial charge in [-0.15, -0.1) is 11.8 Å². The SMILES string of the molecule is Cc1ccc(NC(=O)C2CSC(c3ccccc3)N2C(=O)c2cccc(F)c2)cc1C. The lowest BCUT2D eigenvalue weighted by atomic mass is 10.1. The average molecular weight is 435 g/mol. The molecule has 1 aliphatic heterocycles. The van der Waals surface area contributed by atoms with Gasteiger partial charge in [0.15, 0.2) is 0 Å². The standard InChI is InChI=1S/C25H23FN2O2S/c1-16-11-12-21(13-17(16)2)27-23(29)22-15-31-25(18-7-4-3-5-8-18)28(22)24(30)19-9-6-10-20(26)14-19/h3-14,22,25H,15H2,1-2H3,(H,27,29). The van der Waals surface area contributed by atoms with E-state index in [1.54, 1.807) is 11.0 Å². The largest absolute Gasteiger partial charge is 0.324 e. The van der Waals surface area contributed by atoms with Gasteiger partial charge in [-0.25, -0.2) is 4.39 Å². The summed E-state index contributed by atoms with van der Waals surface area (Å²) < 4.78 is 13.8. The molecule has 2 unspecified atom stereocenters. The number of rotatable bonds is 4.